The van der Waals surface area contributed by atoms with Crippen LogP contribution >= 0.6 is 0 Å². The lowest BCUT2D eigenvalue weighted by atomic mass is 9.91. The van der Waals surface area contributed by atoms with Gasteiger partial charge in [-0.2, -0.15) is 5.10 Å². The van der Waals surface area contributed by atoms with Gasteiger partial charge < -0.3 is 25.6 Å². The van der Waals surface area contributed by atoms with Gasteiger partial charge in [0.05, 0.1) is 6.20 Å². The highest BCUT2D eigenvalue weighted by molar-refractivity contribution is 5.96. The Kier molecular flexibility index (Phi) is 10.8. The predicted molar refractivity (Wildman–Crippen MR) is 183 cm³/mol. The predicted octanol–water partition coefficient (Wildman–Crippen LogP) is 5.03. The minimum absolute atomic E-state index is 0.00649. The number of rotatable bonds is 11. The summed E-state index contributed by atoms with van der Waals surface area (Å²) in [5.74, 6) is -0.718. The van der Waals surface area contributed by atoms with Crippen LogP contribution < -0.4 is 20.7 Å². The first-order valence-corrected chi connectivity index (χ1v) is 16.9. The lowest BCUT2D eigenvalue weighted by Crippen LogP contribution is -2.44. The maximum absolute atomic E-state index is 14.3. The third-order valence-corrected chi connectivity index (χ3v) is 9.26. The fourth-order valence-corrected chi connectivity index (χ4v) is 6.45. The smallest absolute Gasteiger partial charge is 0.272 e. The average molecular weight is 654 g/mol. The Morgan fingerprint density at radius 2 is 1.62 bits per heavy atom. The number of carbonyl (C=O) groups excluding carboxylic acids is 2. The second-order valence-electron chi connectivity index (χ2n) is 12.8. The molecule has 2 amide bonds. The zero-order valence-corrected chi connectivity index (χ0v) is 27.7. The molecule has 1 aliphatic heterocycles. The molecule has 2 aromatic carbocycles. The second-order valence-corrected chi connectivity index (χ2v) is 12.8. The molecule has 4 aromatic rings. The highest BCUT2D eigenvalue weighted by Crippen LogP contribution is 2.30. The van der Waals surface area contributed by atoms with Gasteiger partial charge in [-0.05, 0) is 92.9 Å². The van der Waals surface area contributed by atoms with Crippen LogP contribution in [0.1, 0.15) is 64.2 Å². The molecule has 0 spiro atoms. The average Bonchev–Trinajstić information content (AvgIpc) is 3.44. The summed E-state index contributed by atoms with van der Waals surface area (Å²) in [4.78, 5) is 32.7. The molecule has 1 saturated carbocycles. The number of hydrogen-bond donors (Lipinski definition) is 3. The normalized spacial score (nSPS) is 18.3. The first-order valence-electron chi connectivity index (χ1n) is 16.9. The van der Waals surface area contributed by atoms with Crippen molar-refractivity contribution in [1.29, 1.82) is 0 Å². The summed E-state index contributed by atoms with van der Waals surface area (Å²) in [5.41, 5.74) is 4.68. The summed E-state index contributed by atoms with van der Waals surface area (Å²) in [6.07, 6.45) is 5.93. The Morgan fingerprint density at radius 1 is 0.938 bits per heavy atom. The second kappa shape index (κ2) is 15.5. The number of nitrogens with one attached hydrogen (secondary N) is 3. The lowest BCUT2D eigenvalue weighted by Gasteiger charge is -2.29. The summed E-state index contributed by atoms with van der Waals surface area (Å²) in [5, 5.41) is 13.7. The van der Waals surface area contributed by atoms with Crippen molar-refractivity contribution in [2.45, 2.75) is 57.5 Å². The molecule has 2 fully saturated rings. The molecule has 0 radical (unpaired) electrons. The SMILES string of the molecule is Cc1cc(C(=O)N[C@H]2CC[C@H](NC(=O)c3cc(F)cnc3Oc3cccc(-c4cccc(CCCN5CCNCC5)c4)c3)CC2)nn1C. The van der Waals surface area contributed by atoms with Gasteiger partial charge in [0.25, 0.3) is 11.8 Å². The van der Waals surface area contributed by atoms with Crippen molar-refractivity contribution >= 4 is 11.8 Å². The fraction of sp³-hybridized carbons (Fsp3) is 0.405. The quantitative estimate of drug-likeness (QED) is 0.208. The Labute approximate surface area is 281 Å². The van der Waals surface area contributed by atoms with Crippen molar-refractivity contribution in [3.63, 3.8) is 0 Å². The van der Waals surface area contributed by atoms with Crippen LogP contribution in [-0.4, -0.2) is 76.3 Å². The van der Waals surface area contributed by atoms with E-state index >= 15 is 0 Å². The first kappa shape index (κ1) is 33.3. The molecule has 10 nitrogen and oxygen atoms in total. The van der Waals surface area contributed by atoms with Crippen LogP contribution in [0.2, 0.25) is 0 Å². The van der Waals surface area contributed by atoms with Crippen LogP contribution in [0.4, 0.5) is 4.39 Å². The van der Waals surface area contributed by atoms with E-state index in [1.807, 2.05) is 25.1 Å². The fourth-order valence-electron chi connectivity index (χ4n) is 6.45. The number of nitrogens with zero attached hydrogens (tertiary/aromatic N) is 4. The monoisotopic (exact) mass is 653 g/mol. The molecule has 3 N–H and O–H groups in total. The van der Waals surface area contributed by atoms with Gasteiger partial charge in [0, 0.05) is 51.0 Å². The van der Waals surface area contributed by atoms with Gasteiger partial charge in [0.2, 0.25) is 5.88 Å². The van der Waals surface area contributed by atoms with Gasteiger partial charge in [-0.15, -0.1) is 0 Å². The molecule has 1 saturated heterocycles. The van der Waals surface area contributed by atoms with Crippen molar-refractivity contribution in [2.75, 3.05) is 32.7 Å². The number of pyridine rings is 1. The van der Waals surface area contributed by atoms with E-state index in [2.05, 4.69) is 55.2 Å². The van der Waals surface area contributed by atoms with Gasteiger partial charge in [-0.1, -0.05) is 36.4 Å². The number of aromatic nitrogens is 3. The number of ether oxygens (including phenoxy) is 1. The summed E-state index contributed by atoms with van der Waals surface area (Å²) < 4.78 is 22.1. The van der Waals surface area contributed by atoms with E-state index in [1.54, 1.807) is 23.9 Å². The zero-order valence-electron chi connectivity index (χ0n) is 27.7. The highest BCUT2D eigenvalue weighted by atomic mass is 19.1. The van der Waals surface area contributed by atoms with Crippen molar-refractivity contribution in [2.24, 2.45) is 7.05 Å². The van der Waals surface area contributed by atoms with E-state index in [-0.39, 0.29) is 29.4 Å². The summed E-state index contributed by atoms with van der Waals surface area (Å²) >= 11 is 0. The van der Waals surface area contributed by atoms with E-state index in [0.717, 1.165) is 74.6 Å². The molecule has 6 rings (SSSR count). The molecule has 1 aliphatic carbocycles. The van der Waals surface area contributed by atoms with Crippen LogP contribution in [0.25, 0.3) is 11.1 Å². The molecular formula is C37H44FN7O3. The van der Waals surface area contributed by atoms with Crippen molar-refractivity contribution in [3.8, 4) is 22.8 Å². The Hall–Kier alpha value is -4.61. The maximum atomic E-state index is 14.3. The molecule has 48 heavy (non-hydrogen) atoms. The van der Waals surface area contributed by atoms with Gasteiger partial charge in [-0.25, -0.2) is 9.37 Å². The number of amides is 2. The van der Waals surface area contributed by atoms with Gasteiger partial charge in [-0.3, -0.25) is 14.3 Å². The van der Waals surface area contributed by atoms with Crippen LogP contribution in [-0.2, 0) is 13.5 Å². The lowest BCUT2D eigenvalue weighted by molar-refractivity contribution is 0.0887. The Balaban J connectivity index is 1.05. The molecule has 2 aliphatic rings. The van der Waals surface area contributed by atoms with Crippen LogP contribution in [0.5, 0.6) is 11.6 Å². The van der Waals surface area contributed by atoms with Crippen molar-refractivity contribution < 1.29 is 18.7 Å². The summed E-state index contributed by atoms with van der Waals surface area (Å²) in [7, 11) is 1.80. The standard InChI is InChI=1S/C37H44FN7O3/c1-25-20-34(43-44(25)2)36(47)42-31-13-11-30(12-14-31)41-35(46)33-23-29(38)24-40-37(33)48-32-10-4-9-28(22-32)27-8-3-6-26(21-27)7-5-17-45-18-15-39-16-19-45/h3-4,6,8-10,20-24,30-31,39H,5,7,11-19H2,1-2H3,(H,41,46)(H,42,47)/t30-,31-. The third-order valence-electron chi connectivity index (χ3n) is 9.26. The number of carbonyl (C=O) groups is 2. The minimum atomic E-state index is -0.619. The summed E-state index contributed by atoms with van der Waals surface area (Å²) in [6.45, 7) is 7.33. The highest BCUT2D eigenvalue weighted by Gasteiger charge is 2.26. The number of aryl methyl sites for hydroxylation is 3. The number of benzene rings is 2. The van der Waals surface area contributed by atoms with Gasteiger partial charge >= 0.3 is 0 Å². The summed E-state index contributed by atoms with van der Waals surface area (Å²) in [6, 6.07) is 19.0. The molecule has 0 atom stereocenters. The van der Waals surface area contributed by atoms with Gasteiger partial charge in [0.15, 0.2) is 0 Å². The van der Waals surface area contributed by atoms with Crippen LogP contribution in [0, 0.1) is 12.7 Å². The van der Waals surface area contributed by atoms with Crippen molar-refractivity contribution in [3.05, 3.63) is 95.2 Å². The zero-order chi connectivity index (χ0) is 33.5. The topological polar surface area (TPSA) is 113 Å². The largest absolute Gasteiger partial charge is 0.438 e. The molecule has 2 aromatic heterocycles. The molecule has 0 bridgehead atoms. The third kappa shape index (κ3) is 8.64. The van der Waals surface area contributed by atoms with E-state index < -0.39 is 11.7 Å². The molecule has 252 valence electrons. The molecule has 0 unspecified atom stereocenters. The Bertz CT molecular complexity index is 1710. The maximum Gasteiger partial charge on any atom is 0.272 e. The van der Waals surface area contributed by atoms with E-state index in [1.165, 1.54) is 5.56 Å². The number of hydrogen-bond acceptors (Lipinski definition) is 7. The van der Waals surface area contributed by atoms with Gasteiger partial charge in [0.1, 0.15) is 22.8 Å². The first-order chi connectivity index (χ1) is 23.3. The number of piperazine rings is 1. The van der Waals surface area contributed by atoms with E-state index in [0.29, 0.717) is 37.1 Å². The molecule has 3 heterocycles. The van der Waals surface area contributed by atoms with E-state index in [4.69, 9.17) is 4.74 Å². The van der Waals surface area contributed by atoms with E-state index in [9.17, 15) is 14.0 Å². The minimum Gasteiger partial charge on any atom is -0.438 e. The van der Waals surface area contributed by atoms with Crippen LogP contribution in [0.3, 0.4) is 0 Å². The molecular weight excluding hydrogens is 609 g/mol. The van der Waals surface area contributed by atoms with Crippen LogP contribution in [0.15, 0.2) is 66.9 Å². The van der Waals surface area contributed by atoms with Crippen molar-refractivity contribution in [1.82, 2.24) is 35.6 Å². The molecule has 11 heteroatoms. The number of halogens is 1. The Morgan fingerprint density at radius 3 is 2.33 bits per heavy atom.